The second-order valence-electron chi connectivity index (χ2n) is 3.81. The first-order valence-electron chi connectivity index (χ1n) is 5.34. The Morgan fingerprint density at radius 1 is 1.50 bits per heavy atom. The van der Waals surface area contributed by atoms with Crippen LogP contribution in [0.3, 0.4) is 0 Å². The molecule has 0 aliphatic rings. The zero-order chi connectivity index (χ0) is 12.1. The van der Waals surface area contributed by atoms with Gasteiger partial charge in [0.1, 0.15) is 0 Å². The van der Waals surface area contributed by atoms with Gasteiger partial charge in [-0.05, 0) is 24.1 Å². The fourth-order valence-corrected chi connectivity index (χ4v) is 2.19. The fraction of sp³-hybridized carbons (Fsp3) is 0.417. The lowest BCUT2D eigenvalue weighted by Gasteiger charge is -2.10. The number of carbonyl (C=O) groups excluding carboxylic acids is 1. The van der Waals surface area contributed by atoms with Gasteiger partial charge in [0, 0.05) is 22.3 Å². The van der Waals surface area contributed by atoms with E-state index in [1.807, 2.05) is 17.8 Å². The molecule has 0 aliphatic heterocycles. The van der Waals surface area contributed by atoms with Gasteiger partial charge in [-0.25, -0.2) is 0 Å². The molecule has 3 nitrogen and oxygen atoms in total. The molecule has 88 valence electrons. The molecule has 1 rings (SSSR count). The highest BCUT2D eigenvalue weighted by Crippen LogP contribution is 2.24. The van der Waals surface area contributed by atoms with E-state index in [0.717, 1.165) is 17.7 Å². The Morgan fingerprint density at radius 3 is 2.69 bits per heavy atom. The number of rotatable bonds is 5. The average molecular weight is 238 g/mol. The van der Waals surface area contributed by atoms with Gasteiger partial charge in [-0.1, -0.05) is 19.9 Å². The van der Waals surface area contributed by atoms with Crippen molar-refractivity contribution in [2.75, 3.05) is 5.73 Å². The Balaban J connectivity index is 2.72. The molecule has 4 N–H and O–H groups in total. The third-order valence-electron chi connectivity index (χ3n) is 2.53. The van der Waals surface area contributed by atoms with Crippen LogP contribution in [0.2, 0.25) is 0 Å². The first-order chi connectivity index (χ1) is 7.54. The molecule has 1 atom stereocenters. The summed E-state index contributed by atoms with van der Waals surface area (Å²) < 4.78 is 0. The number of thioether (sulfide) groups is 1. The van der Waals surface area contributed by atoms with Crippen molar-refractivity contribution < 1.29 is 4.79 Å². The first kappa shape index (κ1) is 12.9. The highest BCUT2D eigenvalue weighted by molar-refractivity contribution is 7.99. The zero-order valence-electron chi connectivity index (χ0n) is 9.69. The lowest BCUT2D eigenvalue weighted by molar-refractivity contribution is 0.100. The number of primary amides is 1. The number of benzene rings is 1. The smallest absolute Gasteiger partial charge is 0.248 e. The molecule has 0 fully saturated rings. The van der Waals surface area contributed by atoms with E-state index in [-0.39, 0.29) is 0 Å². The molecule has 0 aromatic heterocycles. The maximum atomic E-state index is 10.9. The van der Waals surface area contributed by atoms with Gasteiger partial charge in [0.2, 0.25) is 5.91 Å². The molecule has 0 bridgehead atoms. The van der Waals surface area contributed by atoms with Crippen molar-refractivity contribution in [3.63, 3.8) is 0 Å². The van der Waals surface area contributed by atoms with Crippen LogP contribution >= 0.6 is 11.8 Å². The van der Waals surface area contributed by atoms with Crippen molar-refractivity contribution in [2.45, 2.75) is 31.3 Å². The molecular weight excluding hydrogens is 220 g/mol. The quantitative estimate of drug-likeness (QED) is 0.774. The van der Waals surface area contributed by atoms with Gasteiger partial charge in [-0.15, -0.1) is 0 Å². The van der Waals surface area contributed by atoms with Crippen LogP contribution in [0.5, 0.6) is 0 Å². The predicted octanol–water partition coefficient (Wildman–Crippen LogP) is 2.40. The fourth-order valence-electron chi connectivity index (χ4n) is 1.23. The normalized spacial score (nSPS) is 12.4. The summed E-state index contributed by atoms with van der Waals surface area (Å²) in [5, 5.41) is 0.621. The lowest BCUT2D eigenvalue weighted by atomic mass is 10.1. The van der Waals surface area contributed by atoms with Gasteiger partial charge in [0.25, 0.3) is 0 Å². The SMILES string of the molecule is CCC(C)SCc1ccc(C(N)=O)cc1N. The molecule has 0 saturated heterocycles. The third kappa shape index (κ3) is 3.45. The minimum absolute atomic E-state index is 0.437. The molecule has 4 heteroatoms. The van der Waals surface area contributed by atoms with Crippen molar-refractivity contribution in [1.29, 1.82) is 0 Å². The van der Waals surface area contributed by atoms with Gasteiger partial charge in [0.15, 0.2) is 0 Å². The molecule has 1 amide bonds. The monoisotopic (exact) mass is 238 g/mol. The van der Waals surface area contributed by atoms with Crippen LogP contribution in [0, 0.1) is 0 Å². The molecule has 0 heterocycles. The average Bonchev–Trinajstić information content (AvgIpc) is 2.26. The maximum absolute atomic E-state index is 10.9. The Bertz CT molecular complexity index is 379. The number of amides is 1. The minimum atomic E-state index is -0.437. The summed E-state index contributed by atoms with van der Waals surface area (Å²) in [5.41, 5.74) is 13.2. The summed E-state index contributed by atoms with van der Waals surface area (Å²) in [6.45, 7) is 4.36. The van der Waals surface area contributed by atoms with Crippen LogP contribution in [-0.4, -0.2) is 11.2 Å². The van der Waals surface area contributed by atoms with Crippen LogP contribution in [0.25, 0.3) is 0 Å². The minimum Gasteiger partial charge on any atom is -0.398 e. The van der Waals surface area contributed by atoms with Gasteiger partial charge in [0.05, 0.1) is 0 Å². The van der Waals surface area contributed by atoms with Crippen LogP contribution in [0.4, 0.5) is 5.69 Å². The maximum Gasteiger partial charge on any atom is 0.248 e. The number of nitrogen functional groups attached to an aromatic ring is 1. The van der Waals surface area contributed by atoms with Crippen molar-refractivity contribution in [2.24, 2.45) is 5.73 Å². The lowest BCUT2D eigenvalue weighted by Crippen LogP contribution is -2.11. The van der Waals surface area contributed by atoms with Gasteiger partial charge >= 0.3 is 0 Å². The molecule has 0 spiro atoms. The summed E-state index contributed by atoms with van der Waals surface area (Å²) in [5.74, 6) is 0.438. The van der Waals surface area contributed by atoms with E-state index in [9.17, 15) is 4.79 Å². The Labute approximate surface area is 101 Å². The van der Waals surface area contributed by atoms with E-state index in [0.29, 0.717) is 16.5 Å². The molecule has 0 radical (unpaired) electrons. The number of nitrogens with two attached hydrogens (primary N) is 2. The van der Waals surface area contributed by atoms with E-state index in [2.05, 4.69) is 13.8 Å². The summed E-state index contributed by atoms with van der Waals surface area (Å²) in [4.78, 5) is 10.9. The molecule has 1 aromatic rings. The second kappa shape index (κ2) is 5.80. The Kier molecular flexibility index (Phi) is 4.68. The van der Waals surface area contributed by atoms with Crippen molar-refractivity contribution in [3.8, 4) is 0 Å². The summed E-state index contributed by atoms with van der Waals surface area (Å²) in [6.07, 6.45) is 1.14. The largest absolute Gasteiger partial charge is 0.398 e. The third-order valence-corrected chi connectivity index (χ3v) is 3.91. The number of carbonyl (C=O) groups is 1. The van der Waals surface area contributed by atoms with E-state index in [1.54, 1.807) is 12.1 Å². The molecular formula is C12H18N2OS. The van der Waals surface area contributed by atoms with E-state index >= 15 is 0 Å². The standard InChI is InChI=1S/C12H18N2OS/c1-3-8(2)16-7-10-5-4-9(12(14)15)6-11(10)13/h4-6,8H,3,7,13H2,1-2H3,(H2,14,15). The molecule has 0 saturated carbocycles. The highest BCUT2D eigenvalue weighted by atomic mass is 32.2. The van der Waals surface area contributed by atoms with E-state index in [4.69, 9.17) is 11.5 Å². The molecule has 1 unspecified atom stereocenters. The van der Waals surface area contributed by atoms with Crippen LogP contribution in [0.15, 0.2) is 18.2 Å². The molecule has 1 aromatic carbocycles. The van der Waals surface area contributed by atoms with Crippen molar-refractivity contribution >= 4 is 23.4 Å². The summed E-state index contributed by atoms with van der Waals surface area (Å²) >= 11 is 1.86. The van der Waals surface area contributed by atoms with Crippen LogP contribution < -0.4 is 11.5 Å². The summed E-state index contributed by atoms with van der Waals surface area (Å²) in [7, 11) is 0. The Hall–Kier alpha value is -1.16. The van der Waals surface area contributed by atoms with Gasteiger partial charge in [-0.2, -0.15) is 11.8 Å². The highest BCUT2D eigenvalue weighted by Gasteiger charge is 2.06. The summed E-state index contributed by atoms with van der Waals surface area (Å²) in [6, 6.07) is 5.25. The van der Waals surface area contributed by atoms with E-state index in [1.165, 1.54) is 0 Å². The van der Waals surface area contributed by atoms with Crippen molar-refractivity contribution in [3.05, 3.63) is 29.3 Å². The van der Waals surface area contributed by atoms with Crippen molar-refractivity contribution in [1.82, 2.24) is 0 Å². The first-order valence-corrected chi connectivity index (χ1v) is 6.39. The van der Waals surface area contributed by atoms with Crippen LogP contribution in [0.1, 0.15) is 36.2 Å². The van der Waals surface area contributed by atoms with Gasteiger partial charge in [-0.3, -0.25) is 4.79 Å². The number of hydrogen-bond donors (Lipinski definition) is 2. The zero-order valence-corrected chi connectivity index (χ0v) is 10.5. The second-order valence-corrected chi connectivity index (χ2v) is 5.23. The topological polar surface area (TPSA) is 69.1 Å². The number of hydrogen-bond acceptors (Lipinski definition) is 3. The molecule has 16 heavy (non-hydrogen) atoms. The van der Waals surface area contributed by atoms with Crippen LogP contribution in [-0.2, 0) is 5.75 Å². The Morgan fingerprint density at radius 2 is 2.19 bits per heavy atom. The predicted molar refractivity (Wildman–Crippen MR) is 70.4 cm³/mol. The number of anilines is 1. The van der Waals surface area contributed by atoms with E-state index < -0.39 is 5.91 Å². The van der Waals surface area contributed by atoms with Gasteiger partial charge < -0.3 is 11.5 Å². The molecule has 0 aliphatic carbocycles.